The van der Waals surface area contributed by atoms with Crippen molar-refractivity contribution in [3.05, 3.63) is 17.5 Å². The Kier molecular flexibility index (Phi) is 3.69. The van der Waals surface area contributed by atoms with Gasteiger partial charge < -0.3 is 5.73 Å². The van der Waals surface area contributed by atoms with Gasteiger partial charge in [0.1, 0.15) is 0 Å². The summed E-state index contributed by atoms with van der Waals surface area (Å²) >= 11 is 0. The van der Waals surface area contributed by atoms with Crippen LogP contribution in [-0.2, 0) is 7.05 Å². The molecule has 14 heavy (non-hydrogen) atoms. The van der Waals surface area contributed by atoms with Crippen LogP contribution >= 0.6 is 0 Å². The molecule has 0 saturated carbocycles. The summed E-state index contributed by atoms with van der Waals surface area (Å²) in [7, 11) is 1.94. The van der Waals surface area contributed by atoms with Crippen LogP contribution in [0.15, 0.2) is 6.20 Å². The zero-order valence-corrected chi connectivity index (χ0v) is 9.62. The van der Waals surface area contributed by atoms with Crippen molar-refractivity contribution < 1.29 is 0 Å². The first-order valence-corrected chi connectivity index (χ1v) is 5.30. The third-order valence-electron chi connectivity index (χ3n) is 2.80. The summed E-state index contributed by atoms with van der Waals surface area (Å²) in [4.78, 5) is 0. The first-order valence-electron chi connectivity index (χ1n) is 5.30. The van der Waals surface area contributed by atoms with E-state index < -0.39 is 0 Å². The molecular weight excluding hydrogens is 174 g/mol. The lowest BCUT2D eigenvalue weighted by Gasteiger charge is -2.15. The van der Waals surface area contributed by atoms with Gasteiger partial charge in [0.25, 0.3) is 0 Å². The predicted molar refractivity (Wildman–Crippen MR) is 58.9 cm³/mol. The molecule has 0 radical (unpaired) electrons. The molecule has 1 aromatic rings. The molecule has 2 N–H and O–H groups in total. The maximum absolute atomic E-state index is 6.13. The second-order valence-corrected chi connectivity index (χ2v) is 4.20. The molecule has 2 unspecified atom stereocenters. The van der Waals surface area contributed by atoms with Gasteiger partial charge in [0.2, 0.25) is 0 Å². The van der Waals surface area contributed by atoms with E-state index in [2.05, 4.69) is 18.9 Å². The minimum absolute atomic E-state index is 0.138. The highest BCUT2D eigenvalue weighted by Gasteiger charge is 2.14. The number of hydrogen-bond donors (Lipinski definition) is 1. The summed E-state index contributed by atoms with van der Waals surface area (Å²) in [6, 6.07) is 0.138. The first kappa shape index (κ1) is 11.2. The topological polar surface area (TPSA) is 43.8 Å². The van der Waals surface area contributed by atoms with Gasteiger partial charge in [-0.25, -0.2) is 0 Å². The summed E-state index contributed by atoms with van der Waals surface area (Å²) in [6.45, 7) is 6.46. The summed E-state index contributed by atoms with van der Waals surface area (Å²) in [5.74, 6) is 0.685. The maximum Gasteiger partial charge on any atom is 0.0641 e. The van der Waals surface area contributed by atoms with Crippen LogP contribution in [0, 0.1) is 12.8 Å². The van der Waals surface area contributed by atoms with Crippen molar-refractivity contribution in [2.45, 2.75) is 39.7 Å². The van der Waals surface area contributed by atoms with Crippen molar-refractivity contribution in [1.82, 2.24) is 9.78 Å². The molecular formula is C11H21N3. The van der Waals surface area contributed by atoms with Crippen LogP contribution < -0.4 is 5.73 Å². The molecule has 0 aliphatic carbocycles. The van der Waals surface area contributed by atoms with Crippen molar-refractivity contribution in [2.75, 3.05) is 0 Å². The summed E-state index contributed by atoms with van der Waals surface area (Å²) in [5, 5.41) is 4.30. The van der Waals surface area contributed by atoms with Crippen molar-refractivity contribution in [1.29, 1.82) is 0 Å². The van der Waals surface area contributed by atoms with Crippen LogP contribution in [0.25, 0.3) is 0 Å². The number of rotatable bonds is 4. The monoisotopic (exact) mass is 195 g/mol. The Bertz CT molecular complexity index is 291. The Hall–Kier alpha value is -0.830. The standard InChI is InChI=1S/C11H21N3/c1-5-8(2)6-11(12)10-7-14(4)13-9(10)3/h7-8,11H,5-6,12H2,1-4H3. The highest BCUT2D eigenvalue weighted by Crippen LogP contribution is 2.22. The summed E-state index contributed by atoms with van der Waals surface area (Å²) < 4.78 is 1.83. The average Bonchev–Trinajstić information content (AvgIpc) is 2.45. The van der Waals surface area contributed by atoms with Crippen molar-refractivity contribution >= 4 is 0 Å². The molecule has 80 valence electrons. The lowest BCUT2D eigenvalue weighted by Crippen LogP contribution is -2.14. The van der Waals surface area contributed by atoms with Crippen LogP contribution in [0.1, 0.15) is 44.0 Å². The van der Waals surface area contributed by atoms with Gasteiger partial charge >= 0.3 is 0 Å². The van der Waals surface area contributed by atoms with Crippen LogP contribution in [0.5, 0.6) is 0 Å². The van der Waals surface area contributed by atoms with E-state index in [4.69, 9.17) is 5.73 Å². The Morgan fingerprint density at radius 1 is 1.57 bits per heavy atom. The molecule has 3 nitrogen and oxygen atoms in total. The Labute approximate surface area is 86.3 Å². The maximum atomic E-state index is 6.13. The van der Waals surface area contributed by atoms with E-state index in [1.165, 1.54) is 12.0 Å². The molecule has 3 heteroatoms. The predicted octanol–water partition coefficient (Wildman–Crippen LogP) is 2.16. The fourth-order valence-corrected chi connectivity index (χ4v) is 1.71. The normalized spacial score (nSPS) is 15.5. The van der Waals surface area contributed by atoms with E-state index in [0.717, 1.165) is 12.1 Å². The van der Waals surface area contributed by atoms with E-state index in [1.807, 2.05) is 24.9 Å². The molecule has 0 aliphatic rings. The number of aromatic nitrogens is 2. The molecule has 0 fully saturated rings. The van der Waals surface area contributed by atoms with Gasteiger partial charge in [0.05, 0.1) is 5.69 Å². The smallest absolute Gasteiger partial charge is 0.0641 e. The van der Waals surface area contributed by atoms with Crippen LogP contribution in [0.4, 0.5) is 0 Å². The second kappa shape index (κ2) is 4.60. The van der Waals surface area contributed by atoms with Crippen LogP contribution in [0.3, 0.4) is 0 Å². The lowest BCUT2D eigenvalue weighted by atomic mass is 9.95. The highest BCUT2D eigenvalue weighted by molar-refractivity contribution is 5.19. The minimum Gasteiger partial charge on any atom is -0.324 e. The Balaban J connectivity index is 2.69. The molecule has 0 spiro atoms. The molecule has 0 amide bonds. The number of aryl methyl sites for hydroxylation is 2. The van der Waals surface area contributed by atoms with Gasteiger partial charge in [-0.1, -0.05) is 20.3 Å². The van der Waals surface area contributed by atoms with E-state index in [1.54, 1.807) is 0 Å². The van der Waals surface area contributed by atoms with Gasteiger partial charge in [-0.3, -0.25) is 4.68 Å². The van der Waals surface area contributed by atoms with Crippen LogP contribution in [0.2, 0.25) is 0 Å². The SMILES string of the molecule is CCC(C)CC(N)c1cn(C)nc1C. The Morgan fingerprint density at radius 3 is 2.64 bits per heavy atom. The quantitative estimate of drug-likeness (QED) is 0.800. The molecule has 1 rings (SSSR count). The van der Waals surface area contributed by atoms with Gasteiger partial charge in [-0.2, -0.15) is 5.10 Å². The molecule has 0 bridgehead atoms. The van der Waals surface area contributed by atoms with Crippen molar-refractivity contribution in [3.8, 4) is 0 Å². The number of nitrogens with zero attached hydrogens (tertiary/aromatic N) is 2. The third kappa shape index (κ3) is 2.58. The fraction of sp³-hybridized carbons (Fsp3) is 0.727. The van der Waals surface area contributed by atoms with E-state index in [9.17, 15) is 0 Å². The fourth-order valence-electron chi connectivity index (χ4n) is 1.71. The minimum atomic E-state index is 0.138. The summed E-state index contributed by atoms with van der Waals surface area (Å²) in [5.41, 5.74) is 8.38. The van der Waals surface area contributed by atoms with E-state index in [-0.39, 0.29) is 6.04 Å². The van der Waals surface area contributed by atoms with Crippen molar-refractivity contribution in [2.24, 2.45) is 18.7 Å². The third-order valence-corrected chi connectivity index (χ3v) is 2.80. The number of hydrogen-bond acceptors (Lipinski definition) is 2. The van der Waals surface area contributed by atoms with Gasteiger partial charge in [0.15, 0.2) is 0 Å². The lowest BCUT2D eigenvalue weighted by molar-refractivity contribution is 0.460. The summed E-state index contributed by atoms with van der Waals surface area (Å²) in [6.07, 6.45) is 4.26. The first-order chi connectivity index (χ1) is 6.54. The Morgan fingerprint density at radius 2 is 2.21 bits per heavy atom. The molecule has 0 saturated heterocycles. The average molecular weight is 195 g/mol. The zero-order chi connectivity index (χ0) is 10.7. The molecule has 0 aliphatic heterocycles. The van der Waals surface area contributed by atoms with E-state index in [0.29, 0.717) is 5.92 Å². The van der Waals surface area contributed by atoms with Gasteiger partial charge in [-0.15, -0.1) is 0 Å². The van der Waals surface area contributed by atoms with Crippen LogP contribution in [-0.4, -0.2) is 9.78 Å². The molecule has 1 heterocycles. The largest absolute Gasteiger partial charge is 0.324 e. The molecule has 0 aromatic carbocycles. The molecule has 1 aromatic heterocycles. The number of nitrogens with two attached hydrogens (primary N) is 1. The molecule has 2 atom stereocenters. The van der Waals surface area contributed by atoms with Gasteiger partial charge in [0, 0.05) is 24.8 Å². The van der Waals surface area contributed by atoms with E-state index >= 15 is 0 Å². The second-order valence-electron chi connectivity index (χ2n) is 4.20. The highest BCUT2D eigenvalue weighted by atomic mass is 15.2. The zero-order valence-electron chi connectivity index (χ0n) is 9.62. The van der Waals surface area contributed by atoms with Gasteiger partial charge in [-0.05, 0) is 19.3 Å². The van der Waals surface area contributed by atoms with Crippen molar-refractivity contribution in [3.63, 3.8) is 0 Å².